The number of carbonyl (C=O) groups is 1. The van der Waals surface area contributed by atoms with Crippen LogP contribution in [0.25, 0.3) is 0 Å². The van der Waals surface area contributed by atoms with Crippen LogP contribution in [0.4, 0.5) is 0 Å². The number of ether oxygens (including phenoxy) is 2. The summed E-state index contributed by atoms with van der Waals surface area (Å²) in [6.07, 6.45) is 52.9. The number of hydrogen-bond donors (Lipinski definition) is 6. The van der Waals surface area contributed by atoms with Crippen LogP contribution in [0.5, 0.6) is 0 Å². The van der Waals surface area contributed by atoms with Crippen LogP contribution in [0.2, 0.25) is 0 Å². The highest BCUT2D eigenvalue weighted by molar-refractivity contribution is 5.76. The van der Waals surface area contributed by atoms with Gasteiger partial charge >= 0.3 is 0 Å². The Kier molecular flexibility index (Phi) is 41.9. The van der Waals surface area contributed by atoms with Crippen LogP contribution in [-0.2, 0) is 14.3 Å². The van der Waals surface area contributed by atoms with Crippen molar-refractivity contribution in [3.63, 3.8) is 0 Å². The number of aliphatic hydroxyl groups is 5. The molecule has 1 amide bonds. The number of nitrogens with one attached hydrogen (secondary N) is 1. The van der Waals surface area contributed by atoms with E-state index in [-0.39, 0.29) is 12.5 Å². The van der Waals surface area contributed by atoms with Crippen LogP contribution in [0, 0.1) is 0 Å². The molecule has 1 rings (SSSR count). The van der Waals surface area contributed by atoms with Gasteiger partial charge in [0.2, 0.25) is 5.91 Å². The first-order valence-electron chi connectivity index (χ1n) is 26.5. The van der Waals surface area contributed by atoms with E-state index in [9.17, 15) is 30.3 Å². The van der Waals surface area contributed by atoms with Crippen LogP contribution >= 0.6 is 0 Å². The minimum atomic E-state index is -1.57. The number of amides is 1. The van der Waals surface area contributed by atoms with Gasteiger partial charge in [-0.05, 0) is 70.6 Å². The Labute approximate surface area is 392 Å². The third-order valence-corrected chi connectivity index (χ3v) is 12.3. The van der Waals surface area contributed by atoms with E-state index < -0.39 is 49.5 Å². The summed E-state index contributed by atoms with van der Waals surface area (Å²) >= 11 is 0. The van der Waals surface area contributed by atoms with Crippen molar-refractivity contribution in [3.8, 4) is 0 Å². The average molecular weight is 902 g/mol. The second-order valence-electron chi connectivity index (χ2n) is 18.3. The zero-order valence-electron chi connectivity index (χ0n) is 41.0. The minimum absolute atomic E-state index is 0.190. The number of hydrogen-bond acceptors (Lipinski definition) is 8. The van der Waals surface area contributed by atoms with Gasteiger partial charge in [0.15, 0.2) is 6.29 Å². The van der Waals surface area contributed by atoms with Gasteiger partial charge in [-0.15, -0.1) is 0 Å². The first-order chi connectivity index (χ1) is 31.3. The van der Waals surface area contributed by atoms with E-state index >= 15 is 0 Å². The van der Waals surface area contributed by atoms with Gasteiger partial charge in [0.1, 0.15) is 24.4 Å². The molecule has 1 fully saturated rings. The summed E-state index contributed by atoms with van der Waals surface area (Å²) in [7, 11) is 0. The third kappa shape index (κ3) is 34.2. The maximum Gasteiger partial charge on any atom is 0.220 e. The summed E-state index contributed by atoms with van der Waals surface area (Å²) in [5.41, 5.74) is 0. The monoisotopic (exact) mass is 902 g/mol. The fourth-order valence-electron chi connectivity index (χ4n) is 8.06. The molecule has 1 aliphatic heterocycles. The predicted molar refractivity (Wildman–Crippen MR) is 267 cm³/mol. The van der Waals surface area contributed by atoms with E-state index in [1.807, 2.05) is 6.08 Å². The molecule has 0 saturated carbocycles. The van der Waals surface area contributed by atoms with Gasteiger partial charge in [-0.25, -0.2) is 0 Å². The number of aliphatic hydroxyl groups excluding tert-OH is 5. The Morgan fingerprint density at radius 1 is 0.531 bits per heavy atom. The highest BCUT2D eigenvalue weighted by Gasteiger charge is 2.44. The van der Waals surface area contributed by atoms with Crippen LogP contribution in [-0.4, -0.2) is 87.5 Å². The molecular formula is C55H99NO8. The van der Waals surface area contributed by atoms with Gasteiger partial charge < -0.3 is 40.3 Å². The molecule has 1 saturated heterocycles. The summed E-state index contributed by atoms with van der Waals surface area (Å²) in [6.45, 7) is 3.73. The molecule has 9 nitrogen and oxygen atoms in total. The molecule has 9 heteroatoms. The Morgan fingerprint density at radius 3 is 1.42 bits per heavy atom. The topological polar surface area (TPSA) is 149 Å². The molecule has 0 spiro atoms. The Bertz CT molecular complexity index is 1180. The molecule has 0 aromatic heterocycles. The lowest BCUT2D eigenvalue weighted by Gasteiger charge is -2.40. The smallest absolute Gasteiger partial charge is 0.220 e. The Balaban J connectivity index is 2.19. The highest BCUT2D eigenvalue weighted by atomic mass is 16.7. The first kappa shape index (κ1) is 59.9. The molecule has 6 N–H and O–H groups in total. The zero-order valence-corrected chi connectivity index (χ0v) is 41.0. The molecule has 7 unspecified atom stereocenters. The molecule has 0 radical (unpaired) electrons. The normalized spacial score (nSPS) is 20.5. The summed E-state index contributed by atoms with van der Waals surface area (Å²) in [6, 6.07) is -0.822. The van der Waals surface area contributed by atoms with Gasteiger partial charge in [0.25, 0.3) is 0 Å². The SMILES string of the molecule is CCCCCCC/C=C\C/C=C\C/C=C\CCCCCCCCCCCCCCCCC(=O)NC(COC1OC(CO)C(O)C(O)C1O)C(O)/C=C/CC/C=C/CCCCCCCC. The molecule has 0 aromatic rings. The van der Waals surface area contributed by atoms with Crippen molar-refractivity contribution in [2.75, 3.05) is 13.2 Å². The van der Waals surface area contributed by atoms with E-state index in [0.717, 1.165) is 51.4 Å². The van der Waals surface area contributed by atoms with Crippen LogP contribution in [0.3, 0.4) is 0 Å². The minimum Gasteiger partial charge on any atom is -0.394 e. The number of allylic oxidation sites excluding steroid dienone is 9. The molecular weight excluding hydrogens is 803 g/mol. The lowest BCUT2D eigenvalue weighted by atomic mass is 9.99. The van der Waals surface area contributed by atoms with E-state index in [4.69, 9.17) is 9.47 Å². The molecule has 1 heterocycles. The quantitative estimate of drug-likeness (QED) is 0.0262. The standard InChI is InChI=1S/C55H99NO8/c1-3-5-7-9-11-13-15-17-18-19-20-21-22-23-24-25-26-27-28-29-30-31-32-33-35-37-39-41-43-45-51(59)56-48(47-63-55-54(62)53(61)52(60)50(46-57)64-55)49(58)44-42-40-38-36-34-16-14-12-10-8-6-4-2/h15,17,19-20,22-23,34,36,42,44,48-50,52-55,57-58,60-62H,3-14,16,18,21,24-33,35,37-41,43,45-47H2,1-2H3,(H,56,59)/b17-15-,20-19-,23-22-,36-34+,44-42+. The molecule has 64 heavy (non-hydrogen) atoms. The molecule has 0 aliphatic carbocycles. The molecule has 7 atom stereocenters. The van der Waals surface area contributed by atoms with Crippen molar-refractivity contribution in [2.45, 2.75) is 269 Å². The van der Waals surface area contributed by atoms with Crippen LogP contribution in [0.15, 0.2) is 60.8 Å². The summed E-state index contributed by atoms with van der Waals surface area (Å²) in [5.74, 6) is -0.190. The maximum atomic E-state index is 13.0. The van der Waals surface area contributed by atoms with Gasteiger partial charge in [0, 0.05) is 6.42 Å². The van der Waals surface area contributed by atoms with Gasteiger partial charge in [-0.1, -0.05) is 209 Å². The van der Waals surface area contributed by atoms with Crippen LogP contribution in [0.1, 0.15) is 226 Å². The largest absolute Gasteiger partial charge is 0.394 e. The summed E-state index contributed by atoms with van der Waals surface area (Å²) < 4.78 is 11.2. The van der Waals surface area contributed by atoms with E-state index in [2.05, 4.69) is 67.8 Å². The second kappa shape index (κ2) is 44.7. The fraction of sp³-hybridized carbons (Fsp3) is 0.800. The van der Waals surface area contributed by atoms with Crippen molar-refractivity contribution < 1.29 is 39.8 Å². The molecule has 0 bridgehead atoms. The van der Waals surface area contributed by atoms with Gasteiger partial charge in [-0.2, -0.15) is 0 Å². The van der Waals surface area contributed by atoms with Crippen molar-refractivity contribution in [2.24, 2.45) is 0 Å². The van der Waals surface area contributed by atoms with Crippen molar-refractivity contribution >= 4 is 5.91 Å². The van der Waals surface area contributed by atoms with E-state index in [0.29, 0.717) is 6.42 Å². The lowest BCUT2D eigenvalue weighted by molar-refractivity contribution is -0.302. The van der Waals surface area contributed by atoms with E-state index in [1.54, 1.807) is 6.08 Å². The zero-order chi connectivity index (χ0) is 46.6. The molecule has 1 aliphatic rings. The van der Waals surface area contributed by atoms with Crippen molar-refractivity contribution in [3.05, 3.63) is 60.8 Å². The summed E-state index contributed by atoms with van der Waals surface area (Å²) in [5, 5.41) is 54.2. The average Bonchev–Trinajstić information content (AvgIpc) is 3.29. The number of carbonyl (C=O) groups excluding carboxylic acids is 1. The van der Waals surface area contributed by atoms with Gasteiger partial charge in [-0.3, -0.25) is 4.79 Å². The van der Waals surface area contributed by atoms with E-state index in [1.165, 1.54) is 154 Å². The van der Waals surface area contributed by atoms with Crippen LogP contribution < -0.4 is 5.32 Å². The molecule has 372 valence electrons. The Hall–Kier alpha value is -2.11. The fourth-order valence-corrected chi connectivity index (χ4v) is 8.06. The third-order valence-electron chi connectivity index (χ3n) is 12.3. The number of rotatable bonds is 44. The number of unbranched alkanes of at least 4 members (excludes halogenated alkanes) is 26. The predicted octanol–water partition coefficient (Wildman–Crippen LogP) is 12.3. The maximum absolute atomic E-state index is 13.0. The highest BCUT2D eigenvalue weighted by Crippen LogP contribution is 2.23. The first-order valence-corrected chi connectivity index (χ1v) is 26.5. The second-order valence-corrected chi connectivity index (χ2v) is 18.3. The van der Waals surface area contributed by atoms with Crippen molar-refractivity contribution in [1.82, 2.24) is 5.32 Å². The van der Waals surface area contributed by atoms with Gasteiger partial charge in [0.05, 0.1) is 25.4 Å². The van der Waals surface area contributed by atoms with Crippen molar-refractivity contribution in [1.29, 1.82) is 0 Å². The Morgan fingerprint density at radius 2 is 0.938 bits per heavy atom. The summed E-state index contributed by atoms with van der Waals surface area (Å²) in [4.78, 5) is 13.0. The molecule has 0 aromatic carbocycles. The lowest BCUT2D eigenvalue weighted by Crippen LogP contribution is -2.60.